The fourth-order valence-electron chi connectivity index (χ4n) is 9.71. The number of nitrogens with zero attached hydrogens (tertiary/aromatic N) is 5. The Morgan fingerprint density at radius 1 is 0.515 bits per heavy atom. The number of aliphatic hydroxyl groups excluding tert-OH is 2. The van der Waals surface area contributed by atoms with Crippen LogP contribution in [-0.4, -0.2) is 165 Å². The minimum Gasteiger partial charge on any atom is -0.437 e. The predicted octanol–water partition coefficient (Wildman–Crippen LogP) is 3.53. The third-order valence-corrected chi connectivity index (χ3v) is 13.8. The molecule has 6 aliphatic heterocycles. The smallest absolute Gasteiger partial charge is 0.376 e. The lowest BCUT2D eigenvalue weighted by molar-refractivity contribution is 0.0650. The third-order valence-electron chi connectivity index (χ3n) is 13.8. The number of β-amino-alcohol motifs (C(OH)–C–C–N with tert-alkyl or cyclic N) is 2. The molecule has 3 aromatic carbocycles. The zero-order valence-electron chi connectivity index (χ0n) is 39.4. The van der Waals surface area contributed by atoms with Gasteiger partial charge in [0.25, 0.3) is 35.4 Å². The molecule has 16 nitrogen and oxygen atoms in total. The SMILES string of the molecule is C/C(CN1C(=O)c2ccccc2C1=O)=C1\CCNCC1O.CB(O)N1CC/C(=C(\C)CN2C(=O)c3ccccc3C2=O)C(O)C1.CB(O)N1CCC(=C(C)CN2C(=O)c3ccccc3C2=O)CC1. The monoisotopic (exact) mass is 926 g/mol. The van der Waals surface area contributed by atoms with Gasteiger partial charge in [0.15, 0.2) is 0 Å². The van der Waals surface area contributed by atoms with Gasteiger partial charge in [-0.3, -0.25) is 43.5 Å². The summed E-state index contributed by atoms with van der Waals surface area (Å²) >= 11 is 0. The lowest BCUT2D eigenvalue weighted by atomic mass is 9.81. The number of fused-ring (bicyclic) bond motifs is 3. The first kappa shape index (κ1) is 50.0. The minimum atomic E-state index is -0.691. The molecule has 0 aromatic heterocycles. The van der Waals surface area contributed by atoms with E-state index in [1.807, 2.05) is 25.6 Å². The van der Waals surface area contributed by atoms with Crippen LogP contribution in [0, 0.1) is 0 Å². The molecule has 9 rings (SSSR count). The van der Waals surface area contributed by atoms with Crippen LogP contribution in [0.3, 0.4) is 0 Å². The van der Waals surface area contributed by atoms with Gasteiger partial charge >= 0.3 is 14.1 Å². The number of hydrogen-bond acceptors (Lipinski definition) is 13. The molecule has 68 heavy (non-hydrogen) atoms. The molecule has 0 saturated carbocycles. The van der Waals surface area contributed by atoms with Crippen molar-refractivity contribution in [3.05, 3.63) is 140 Å². The second-order valence-corrected chi connectivity index (χ2v) is 18.3. The van der Waals surface area contributed by atoms with Crippen LogP contribution in [0.4, 0.5) is 0 Å². The van der Waals surface area contributed by atoms with Crippen molar-refractivity contribution in [1.29, 1.82) is 0 Å². The Bertz CT molecular complexity index is 2480. The molecule has 2 atom stereocenters. The van der Waals surface area contributed by atoms with Gasteiger partial charge in [-0.2, -0.15) is 0 Å². The van der Waals surface area contributed by atoms with Crippen molar-refractivity contribution < 1.29 is 49.0 Å². The largest absolute Gasteiger partial charge is 0.437 e. The molecule has 0 radical (unpaired) electrons. The number of imide groups is 3. The van der Waals surface area contributed by atoms with Crippen molar-refractivity contribution >= 4 is 49.5 Å². The number of nitrogens with one attached hydrogen (secondary N) is 1. The van der Waals surface area contributed by atoms with E-state index in [1.54, 1.807) is 91.3 Å². The van der Waals surface area contributed by atoms with E-state index in [0.29, 0.717) is 66.0 Å². The van der Waals surface area contributed by atoms with Crippen molar-refractivity contribution in [2.24, 2.45) is 0 Å². The highest BCUT2D eigenvalue weighted by Crippen LogP contribution is 2.29. The van der Waals surface area contributed by atoms with Gasteiger partial charge in [-0.25, -0.2) is 0 Å². The fourth-order valence-corrected chi connectivity index (χ4v) is 9.71. The normalized spacial score (nSPS) is 22.0. The molecular weight excluding hydrogens is 866 g/mol. The van der Waals surface area contributed by atoms with Gasteiger partial charge < -0.3 is 35.2 Å². The molecule has 5 N–H and O–H groups in total. The van der Waals surface area contributed by atoms with E-state index >= 15 is 0 Å². The molecule has 18 heteroatoms. The van der Waals surface area contributed by atoms with Crippen LogP contribution in [0.15, 0.2) is 106 Å². The summed E-state index contributed by atoms with van der Waals surface area (Å²) in [7, 11) is -1.02. The maximum atomic E-state index is 12.4. The number of carbonyl (C=O) groups excluding carboxylic acids is 6. The Labute approximate surface area is 397 Å². The van der Waals surface area contributed by atoms with Crippen molar-refractivity contribution in [1.82, 2.24) is 29.6 Å². The first-order valence-corrected chi connectivity index (χ1v) is 23.3. The predicted molar refractivity (Wildman–Crippen MR) is 258 cm³/mol. The summed E-state index contributed by atoms with van der Waals surface area (Å²) in [5, 5.41) is 42.7. The van der Waals surface area contributed by atoms with E-state index < -0.39 is 26.3 Å². The first-order valence-electron chi connectivity index (χ1n) is 23.3. The van der Waals surface area contributed by atoms with Gasteiger partial charge in [0.05, 0.1) is 65.2 Å². The number of rotatable bonds is 8. The Morgan fingerprint density at radius 2 is 0.853 bits per heavy atom. The molecule has 2 unspecified atom stereocenters. The van der Waals surface area contributed by atoms with E-state index in [1.165, 1.54) is 20.3 Å². The van der Waals surface area contributed by atoms with Gasteiger partial charge in [-0.05, 0) is 134 Å². The highest BCUT2D eigenvalue weighted by atomic mass is 16.3. The minimum absolute atomic E-state index is 0.188. The second kappa shape index (κ2) is 21.6. The van der Waals surface area contributed by atoms with Crippen molar-refractivity contribution in [2.75, 3.05) is 58.9 Å². The molecule has 6 amide bonds. The molecular formula is C50H60B2N6O10. The Balaban J connectivity index is 0.000000151. The van der Waals surface area contributed by atoms with Crippen LogP contribution >= 0.6 is 0 Å². The third kappa shape index (κ3) is 10.6. The van der Waals surface area contributed by atoms with Gasteiger partial charge in [-0.1, -0.05) is 58.7 Å². The number of piperidine rings is 3. The topological polar surface area (TPSA) is 212 Å². The number of carbonyl (C=O) groups is 6. The van der Waals surface area contributed by atoms with Gasteiger partial charge in [0.2, 0.25) is 0 Å². The highest BCUT2D eigenvalue weighted by Gasteiger charge is 2.38. The average Bonchev–Trinajstić information content (AvgIpc) is 3.83. The van der Waals surface area contributed by atoms with Crippen LogP contribution in [-0.2, 0) is 0 Å². The molecule has 6 heterocycles. The summed E-state index contributed by atoms with van der Waals surface area (Å²) in [6.07, 6.45) is 1.88. The zero-order valence-corrected chi connectivity index (χ0v) is 39.4. The van der Waals surface area contributed by atoms with E-state index in [0.717, 1.165) is 66.8 Å². The van der Waals surface area contributed by atoms with Crippen molar-refractivity contribution in [3.63, 3.8) is 0 Å². The molecule has 0 spiro atoms. The summed E-state index contributed by atoms with van der Waals surface area (Å²) < 4.78 is 0. The maximum Gasteiger partial charge on any atom is 0.376 e. The highest BCUT2D eigenvalue weighted by molar-refractivity contribution is 6.45. The lowest BCUT2D eigenvalue weighted by Crippen LogP contribution is -2.47. The summed E-state index contributed by atoms with van der Waals surface area (Å²) in [4.78, 5) is 82.0. The average molecular weight is 927 g/mol. The first-order chi connectivity index (χ1) is 32.5. The van der Waals surface area contributed by atoms with Gasteiger partial charge in [0.1, 0.15) is 0 Å². The quantitative estimate of drug-likeness (QED) is 0.125. The number of hydrogen-bond donors (Lipinski definition) is 5. The Kier molecular flexibility index (Phi) is 15.9. The molecule has 3 fully saturated rings. The van der Waals surface area contributed by atoms with E-state index in [-0.39, 0.29) is 48.5 Å². The van der Waals surface area contributed by atoms with E-state index in [9.17, 15) is 49.0 Å². The van der Waals surface area contributed by atoms with Crippen LogP contribution in [0.25, 0.3) is 0 Å². The summed E-state index contributed by atoms with van der Waals surface area (Å²) in [5.41, 5.74) is 8.70. The number of benzene rings is 3. The molecule has 6 aliphatic rings. The van der Waals surface area contributed by atoms with E-state index in [2.05, 4.69) is 5.32 Å². The van der Waals surface area contributed by atoms with Crippen LogP contribution in [0.1, 0.15) is 109 Å². The number of aliphatic hydroxyl groups is 2. The Hall–Kier alpha value is -5.85. The van der Waals surface area contributed by atoms with Crippen molar-refractivity contribution in [3.8, 4) is 0 Å². The summed E-state index contributed by atoms with van der Waals surface area (Å²) in [6.45, 7) is 13.9. The Morgan fingerprint density at radius 3 is 1.19 bits per heavy atom. The lowest BCUT2D eigenvalue weighted by Gasteiger charge is -2.34. The number of amides is 6. The summed E-state index contributed by atoms with van der Waals surface area (Å²) in [6, 6.07) is 20.7. The summed E-state index contributed by atoms with van der Waals surface area (Å²) in [5.74, 6) is -1.48. The van der Waals surface area contributed by atoms with Gasteiger partial charge in [0, 0.05) is 13.1 Å². The van der Waals surface area contributed by atoms with Crippen molar-refractivity contribution in [2.45, 2.75) is 72.3 Å². The van der Waals surface area contributed by atoms with Crippen LogP contribution < -0.4 is 5.32 Å². The molecule has 3 saturated heterocycles. The maximum absolute atomic E-state index is 12.4. The van der Waals surface area contributed by atoms with Crippen LogP contribution in [0.2, 0.25) is 13.6 Å². The zero-order chi connectivity index (χ0) is 49.0. The van der Waals surface area contributed by atoms with E-state index in [4.69, 9.17) is 0 Å². The molecule has 0 bridgehead atoms. The van der Waals surface area contributed by atoms with Crippen LogP contribution in [0.5, 0.6) is 0 Å². The standard InChI is InChI=1S/C17H21BN2O4.C17H21BN2O3.C16H18N2O3/c1-11(12-7-8-19(18(2)24)10-15(12)21)9-20-16(22)13-5-3-4-6-14(13)17(20)23;1-12(13-7-9-19(10-8-13)18(2)23)11-20-16(21)14-5-3-4-6-15(14)17(20)22;1-10(11-6-7-17-8-14(11)19)9-18-15(20)12-4-2-3-5-13(12)16(18)21/h3-6,15,21,24H,7-10H2,1-2H3;3-6,23H,7-11H2,1-2H3;2-5,14,17,19H,6-9H2,1H3/b12-11-;;11-10-. The fraction of sp³-hybridized carbons (Fsp3) is 0.400. The van der Waals surface area contributed by atoms with Gasteiger partial charge in [-0.15, -0.1) is 0 Å². The molecule has 356 valence electrons. The molecule has 3 aromatic rings. The second-order valence-electron chi connectivity index (χ2n) is 18.3. The molecule has 0 aliphatic carbocycles.